The Labute approximate surface area is 255 Å². The summed E-state index contributed by atoms with van der Waals surface area (Å²) in [5, 5.41) is 27.1. The minimum absolute atomic E-state index is 0.0677. The van der Waals surface area contributed by atoms with Crippen LogP contribution in [0.4, 0.5) is 4.39 Å². The molecule has 9 nitrogen and oxygen atoms in total. The molecule has 1 aromatic carbocycles. The number of esters is 1. The third-order valence-electron chi connectivity index (χ3n) is 12.4. The SMILES string of the molecule is C=C1C(=O)[C@]23[C@H](OC(=O)C4CCC(NC(=O)c5ccc(F)cc5)CC4)[C@H]1CC[C@H]2[C@@]12CO[C@@]3(O)[C@@H](O)[C@@H]1C(C)(C)CCC2=O. The second-order valence-corrected chi connectivity index (χ2v) is 14.7. The number of aliphatic hydroxyl groups excluding tert-OH is 1. The van der Waals surface area contributed by atoms with Crippen molar-refractivity contribution in [2.45, 2.75) is 89.3 Å². The summed E-state index contributed by atoms with van der Waals surface area (Å²) in [6, 6.07) is 5.14. The number of carbonyl (C=O) groups is 4. The van der Waals surface area contributed by atoms with Crippen LogP contribution in [-0.2, 0) is 23.9 Å². The second-order valence-electron chi connectivity index (χ2n) is 14.7. The zero-order valence-electron chi connectivity index (χ0n) is 25.1. The van der Waals surface area contributed by atoms with Crippen LogP contribution in [0.2, 0.25) is 0 Å². The molecule has 236 valence electrons. The molecule has 2 spiro atoms. The Morgan fingerprint density at radius 2 is 1.75 bits per heavy atom. The van der Waals surface area contributed by atoms with Crippen molar-refractivity contribution in [3.05, 3.63) is 47.8 Å². The molecule has 8 atom stereocenters. The van der Waals surface area contributed by atoms with E-state index in [4.69, 9.17) is 9.47 Å². The van der Waals surface area contributed by atoms with Gasteiger partial charge in [0.1, 0.15) is 29.2 Å². The molecule has 2 saturated heterocycles. The van der Waals surface area contributed by atoms with Gasteiger partial charge in [-0.1, -0.05) is 20.4 Å². The van der Waals surface area contributed by atoms with Crippen molar-refractivity contribution in [2.75, 3.05) is 6.61 Å². The third-order valence-corrected chi connectivity index (χ3v) is 12.4. The Hall–Kier alpha value is -2.95. The van der Waals surface area contributed by atoms with E-state index in [1.807, 2.05) is 13.8 Å². The minimum atomic E-state index is -2.33. The molecule has 0 radical (unpaired) electrons. The number of halogens is 1. The van der Waals surface area contributed by atoms with E-state index in [0.717, 1.165) is 0 Å². The topological polar surface area (TPSA) is 139 Å². The van der Waals surface area contributed by atoms with Gasteiger partial charge in [0.15, 0.2) is 5.78 Å². The van der Waals surface area contributed by atoms with Gasteiger partial charge in [0.2, 0.25) is 5.79 Å². The van der Waals surface area contributed by atoms with Crippen molar-refractivity contribution in [1.82, 2.24) is 5.32 Å². The first-order chi connectivity index (χ1) is 20.8. The Kier molecular flexibility index (Phi) is 6.61. The molecule has 0 unspecified atom stereocenters. The smallest absolute Gasteiger partial charge is 0.309 e. The van der Waals surface area contributed by atoms with Crippen LogP contribution < -0.4 is 5.32 Å². The highest BCUT2D eigenvalue weighted by Gasteiger charge is 2.88. The maximum atomic E-state index is 14.3. The number of ketones is 2. The summed E-state index contributed by atoms with van der Waals surface area (Å²) in [5.74, 6) is -6.43. The number of aliphatic hydroxyl groups is 2. The van der Waals surface area contributed by atoms with Gasteiger partial charge in [-0.25, -0.2) is 4.39 Å². The molecule has 5 aliphatic carbocycles. The standard InChI is InChI=1S/C34H40FNO8/c1-17-22-12-13-23-32-16-43-34(42,27(39)25(32)31(2,3)15-14-24(32)37)33(23,26(17)38)28(22)44-30(41)19-6-10-21(11-7-19)36-29(40)18-4-8-20(35)9-5-18/h4-5,8-9,19,21-23,25,27-28,39,42H,1,6-7,10-16H2,2-3H3,(H,36,40)/t19?,21?,22-,23-,25+,27-,28+,32+,33-,34-/m0/s1. The zero-order valence-corrected chi connectivity index (χ0v) is 25.1. The van der Waals surface area contributed by atoms with E-state index in [1.54, 1.807) is 0 Å². The molecule has 5 saturated carbocycles. The van der Waals surface area contributed by atoms with Crippen LogP contribution in [-0.4, -0.2) is 64.3 Å². The Bertz CT molecular complexity index is 1450. The first kappa shape index (κ1) is 29.7. The van der Waals surface area contributed by atoms with E-state index in [2.05, 4.69) is 11.9 Å². The summed E-state index contributed by atoms with van der Waals surface area (Å²) in [6.07, 6.45) is 1.08. The molecule has 7 fully saturated rings. The fourth-order valence-electron chi connectivity index (χ4n) is 10.3. The van der Waals surface area contributed by atoms with Gasteiger partial charge < -0.3 is 25.0 Å². The van der Waals surface area contributed by atoms with Crippen molar-refractivity contribution < 1.29 is 43.3 Å². The van der Waals surface area contributed by atoms with Gasteiger partial charge in [-0.15, -0.1) is 0 Å². The van der Waals surface area contributed by atoms with Crippen LogP contribution in [0.5, 0.6) is 0 Å². The van der Waals surface area contributed by atoms with Crippen molar-refractivity contribution in [2.24, 2.45) is 39.9 Å². The van der Waals surface area contributed by atoms with Gasteiger partial charge in [-0.3, -0.25) is 19.2 Å². The molecule has 2 aliphatic heterocycles. The predicted octanol–water partition coefficient (Wildman–Crippen LogP) is 3.26. The fraction of sp³-hybridized carbons (Fsp3) is 0.647. The Morgan fingerprint density at radius 1 is 1.07 bits per heavy atom. The van der Waals surface area contributed by atoms with Crippen LogP contribution in [0.3, 0.4) is 0 Å². The quantitative estimate of drug-likeness (QED) is 0.349. The summed E-state index contributed by atoms with van der Waals surface area (Å²) in [4.78, 5) is 54.5. The van der Waals surface area contributed by atoms with E-state index < -0.39 is 75.5 Å². The summed E-state index contributed by atoms with van der Waals surface area (Å²) in [7, 11) is 0. The maximum absolute atomic E-state index is 14.3. The van der Waals surface area contributed by atoms with Gasteiger partial charge in [-0.05, 0) is 86.1 Å². The van der Waals surface area contributed by atoms with Crippen molar-refractivity contribution in [3.63, 3.8) is 0 Å². The van der Waals surface area contributed by atoms with Gasteiger partial charge in [0.05, 0.1) is 17.9 Å². The van der Waals surface area contributed by atoms with Gasteiger partial charge in [0, 0.05) is 29.9 Å². The van der Waals surface area contributed by atoms with Gasteiger partial charge in [0.25, 0.3) is 5.91 Å². The highest BCUT2D eigenvalue weighted by molar-refractivity contribution is 6.06. The van der Waals surface area contributed by atoms with Gasteiger partial charge in [-0.2, -0.15) is 0 Å². The van der Waals surface area contributed by atoms with E-state index in [1.165, 1.54) is 24.3 Å². The highest BCUT2D eigenvalue weighted by Crippen LogP contribution is 2.76. The summed E-state index contributed by atoms with van der Waals surface area (Å²) in [5.41, 5.74) is -2.89. The summed E-state index contributed by atoms with van der Waals surface area (Å²) in [6.45, 7) is 7.95. The Balaban J connectivity index is 1.14. The average molecular weight is 610 g/mol. The number of carbonyl (C=O) groups excluding carboxylic acids is 4. The lowest BCUT2D eigenvalue weighted by Crippen LogP contribution is -2.85. The first-order valence-electron chi connectivity index (χ1n) is 15.9. The average Bonchev–Trinajstić information content (AvgIpc) is 3.10. The maximum Gasteiger partial charge on any atom is 0.309 e. The van der Waals surface area contributed by atoms with Crippen LogP contribution in [0.15, 0.2) is 36.4 Å². The van der Waals surface area contributed by atoms with E-state index in [9.17, 15) is 33.8 Å². The lowest BCUT2D eigenvalue weighted by atomic mass is 9.36. The zero-order chi connectivity index (χ0) is 31.4. The summed E-state index contributed by atoms with van der Waals surface area (Å²) < 4.78 is 25.5. The fourth-order valence-corrected chi connectivity index (χ4v) is 10.3. The number of Topliss-reactive ketones (excluding diaryl/α,β-unsaturated/α-hetero) is 2. The molecular formula is C34H40FNO8. The summed E-state index contributed by atoms with van der Waals surface area (Å²) >= 11 is 0. The molecule has 1 aromatic rings. The lowest BCUT2D eigenvalue weighted by Gasteiger charge is -2.73. The molecule has 3 N–H and O–H groups in total. The number of nitrogens with one attached hydrogen (secondary N) is 1. The first-order valence-corrected chi connectivity index (χ1v) is 15.9. The van der Waals surface area contributed by atoms with E-state index in [0.29, 0.717) is 50.5 Å². The Morgan fingerprint density at radius 3 is 2.43 bits per heavy atom. The van der Waals surface area contributed by atoms with Crippen molar-refractivity contribution in [3.8, 4) is 0 Å². The third kappa shape index (κ3) is 3.67. The molecule has 4 bridgehead atoms. The predicted molar refractivity (Wildman–Crippen MR) is 153 cm³/mol. The molecule has 8 rings (SSSR count). The van der Waals surface area contributed by atoms with Crippen LogP contribution in [0, 0.1) is 45.7 Å². The molecule has 44 heavy (non-hydrogen) atoms. The van der Waals surface area contributed by atoms with Gasteiger partial charge >= 0.3 is 5.97 Å². The number of rotatable bonds is 4. The number of fused-ring (bicyclic) bond motifs is 2. The molecule has 0 aromatic heterocycles. The van der Waals surface area contributed by atoms with Crippen molar-refractivity contribution >= 4 is 23.4 Å². The van der Waals surface area contributed by atoms with E-state index >= 15 is 0 Å². The number of hydrogen-bond donors (Lipinski definition) is 3. The lowest BCUT2D eigenvalue weighted by molar-refractivity contribution is -0.437. The van der Waals surface area contributed by atoms with Crippen molar-refractivity contribution in [1.29, 1.82) is 0 Å². The largest absolute Gasteiger partial charge is 0.460 e. The number of amides is 1. The molecular weight excluding hydrogens is 569 g/mol. The monoisotopic (exact) mass is 609 g/mol. The number of benzene rings is 1. The van der Waals surface area contributed by atoms with Crippen LogP contribution in [0.1, 0.15) is 75.6 Å². The molecule has 2 heterocycles. The molecule has 10 heteroatoms. The van der Waals surface area contributed by atoms with Crippen LogP contribution >= 0.6 is 0 Å². The number of ether oxygens (including phenoxy) is 2. The minimum Gasteiger partial charge on any atom is -0.460 e. The highest BCUT2D eigenvalue weighted by atomic mass is 19.1. The number of hydrogen-bond acceptors (Lipinski definition) is 8. The molecule has 7 aliphatic rings. The van der Waals surface area contributed by atoms with Crippen LogP contribution in [0.25, 0.3) is 0 Å². The molecule has 1 amide bonds. The van der Waals surface area contributed by atoms with E-state index in [-0.39, 0.29) is 36.3 Å². The second kappa shape index (κ2) is 9.77. The normalized spacial score (nSPS) is 43.7.